The van der Waals surface area contributed by atoms with Crippen molar-refractivity contribution >= 4 is 34.9 Å². The summed E-state index contributed by atoms with van der Waals surface area (Å²) in [5, 5.41) is 24.9. The molecule has 2 atom stereocenters. The maximum atomic E-state index is 14.1. The van der Waals surface area contributed by atoms with Gasteiger partial charge in [0.1, 0.15) is 6.04 Å². The number of piperazine rings is 2. The van der Waals surface area contributed by atoms with E-state index in [-0.39, 0.29) is 29.7 Å². The van der Waals surface area contributed by atoms with Crippen molar-refractivity contribution in [1.29, 1.82) is 0 Å². The minimum Gasteiger partial charge on any atom is -0.504 e. The number of anilines is 3. The molecule has 9 rings (SSSR count). The Labute approximate surface area is 320 Å². The molecule has 1 aliphatic carbocycles. The third-order valence-electron chi connectivity index (χ3n) is 13.1. The van der Waals surface area contributed by atoms with Crippen molar-refractivity contribution < 1.29 is 23.9 Å². The van der Waals surface area contributed by atoms with Crippen LogP contribution < -0.4 is 20.4 Å². The first-order chi connectivity index (χ1) is 26.6. The number of phenolic OH excluding ortho intramolecular Hbond substituents is 1. The van der Waals surface area contributed by atoms with Gasteiger partial charge in [0.05, 0.1) is 16.9 Å². The molecule has 6 aliphatic rings. The van der Waals surface area contributed by atoms with Crippen molar-refractivity contribution in [2.75, 3.05) is 80.6 Å². The highest BCUT2D eigenvalue weighted by Crippen LogP contribution is 2.41. The Balaban J connectivity index is 0.737. The van der Waals surface area contributed by atoms with Crippen molar-refractivity contribution in [3.8, 4) is 17.0 Å². The first-order valence-corrected chi connectivity index (χ1v) is 20.0. The molecule has 290 valence electrons. The summed E-state index contributed by atoms with van der Waals surface area (Å²) >= 11 is 0. The van der Waals surface area contributed by atoms with Gasteiger partial charge in [0.15, 0.2) is 17.4 Å². The van der Waals surface area contributed by atoms with Gasteiger partial charge >= 0.3 is 0 Å². The SMILES string of the molecule is C[C@]12CNc3nnc(-c4cccc(F)c4O)cc3N1CCN(CC1CCC(CN3CCN(c4ccc5c(c4)C(=O)N([C@H]4CCC(=O)NC4=O)C5)CC3)CC1)C2. The van der Waals surface area contributed by atoms with Crippen LogP contribution in [0.2, 0.25) is 0 Å². The van der Waals surface area contributed by atoms with Crippen LogP contribution >= 0.6 is 0 Å². The number of halogens is 1. The van der Waals surface area contributed by atoms with E-state index >= 15 is 0 Å². The molecule has 14 heteroatoms. The standard InChI is InChI=1S/C41H50FN9O4/c1-41-24-43-38-35(20-33(45-46-38)30-3-2-4-32(42)37(30)53)51(41)18-15-48(25-41)22-27-7-5-26(6-8-27)21-47-13-16-49(17-14-47)29-10-9-28-23-50(40(55)31(28)19-29)34-11-12-36(52)44-39(34)54/h2-4,9-10,19-20,26-27,34,53H,5-8,11-18,21-25H2,1H3,(H,43,46)(H,44,52,54)/t26?,27?,34-,41+/m0/s1. The molecule has 3 saturated heterocycles. The second-order valence-corrected chi connectivity index (χ2v) is 16.8. The summed E-state index contributed by atoms with van der Waals surface area (Å²) in [5.74, 6) is 0.310. The molecule has 3 N–H and O–H groups in total. The molecule has 0 bridgehead atoms. The number of carbonyl (C=O) groups excluding carboxylic acids is 3. The summed E-state index contributed by atoms with van der Waals surface area (Å²) < 4.78 is 14.1. The number of phenols is 1. The minimum atomic E-state index is -0.669. The number of aromatic nitrogens is 2. The third-order valence-corrected chi connectivity index (χ3v) is 13.1. The lowest BCUT2D eigenvalue weighted by atomic mass is 9.81. The monoisotopic (exact) mass is 751 g/mol. The van der Waals surface area contributed by atoms with Crippen molar-refractivity contribution in [3.63, 3.8) is 0 Å². The predicted octanol–water partition coefficient (Wildman–Crippen LogP) is 3.68. The largest absolute Gasteiger partial charge is 0.504 e. The minimum absolute atomic E-state index is 0.121. The van der Waals surface area contributed by atoms with Crippen LogP contribution in [0.4, 0.5) is 21.6 Å². The van der Waals surface area contributed by atoms with Crippen LogP contribution in [0, 0.1) is 17.7 Å². The highest BCUT2D eigenvalue weighted by atomic mass is 19.1. The van der Waals surface area contributed by atoms with E-state index in [2.05, 4.69) is 53.4 Å². The molecule has 0 radical (unpaired) electrons. The van der Waals surface area contributed by atoms with Crippen LogP contribution in [0.5, 0.6) is 5.75 Å². The van der Waals surface area contributed by atoms with Crippen LogP contribution in [0.1, 0.15) is 61.4 Å². The number of carbonyl (C=O) groups is 3. The third kappa shape index (κ3) is 6.88. The fourth-order valence-corrected chi connectivity index (χ4v) is 9.97. The van der Waals surface area contributed by atoms with E-state index in [1.165, 1.54) is 31.7 Å². The fourth-order valence-electron chi connectivity index (χ4n) is 9.97. The quantitative estimate of drug-likeness (QED) is 0.305. The summed E-state index contributed by atoms with van der Waals surface area (Å²) in [6, 6.07) is 11.9. The van der Waals surface area contributed by atoms with E-state index in [1.54, 1.807) is 17.0 Å². The topological polar surface area (TPSA) is 137 Å². The van der Waals surface area contributed by atoms with E-state index in [0.29, 0.717) is 35.7 Å². The smallest absolute Gasteiger partial charge is 0.255 e. The molecular formula is C41H50FN9O4. The van der Waals surface area contributed by atoms with Gasteiger partial charge in [0, 0.05) is 95.2 Å². The van der Waals surface area contributed by atoms with Crippen molar-refractivity contribution in [2.24, 2.45) is 11.8 Å². The molecule has 3 aromatic rings. The number of amides is 3. The maximum Gasteiger partial charge on any atom is 0.255 e. The number of nitrogens with zero attached hydrogens (tertiary/aromatic N) is 7. The van der Waals surface area contributed by atoms with Gasteiger partial charge in [0.25, 0.3) is 5.91 Å². The molecule has 55 heavy (non-hydrogen) atoms. The summed E-state index contributed by atoms with van der Waals surface area (Å²) in [7, 11) is 0. The van der Waals surface area contributed by atoms with Crippen LogP contribution in [0.3, 0.4) is 0 Å². The molecule has 1 aromatic heterocycles. The number of fused-ring (bicyclic) bond motifs is 4. The van der Waals surface area contributed by atoms with Crippen LogP contribution in [0.15, 0.2) is 42.5 Å². The average Bonchev–Trinajstić information content (AvgIpc) is 3.51. The van der Waals surface area contributed by atoms with Crippen LogP contribution in [0.25, 0.3) is 11.3 Å². The summed E-state index contributed by atoms with van der Waals surface area (Å²) in [6.45, 7) is 12.4. The van der Waals surface area contributed by atoms with Crippen molar-refractivity contribution in [3.05, 3.63) is 59.4 Å². The first-order valence-electron chi connectivity index (χ1n) is 20.0. The second kappa shape index (κ2) is 14.4. The average molecular weight is 752 g/mol. The second-order valence-electron chi connectivity index (χ2n) is 16.8. The number of hydrogen-bond donors (Lipinski definition) is 3. The molecular weight excluding hydrogens is 702 g/mol. The highest BCUT2D eigenvalue weighted by Gasteiger charge is 2.43. The molecule has 3 amide bonds. The molecule has 4 fully saturated rings. The Kier molecular flexibility index (Phi) is 9.36. The lowest BCUT2D eigenvalue weighted by Gasteiger charge is -2.53. The normalized spacial score (nSPS) is 27.3. The lowest BCUT2D eigenvalue weighted by molar-refractivity contribution is -0.136. The number of para-hydroxylation sites is 1. The Morgan fingerprint density at radius 1 is 0.873 bits per heavy atom. The Hall–Kier alpha value is -4.82. The van der Waals surface area contributed by atoms with E-state index in [9.17, 15) is 23.9 Å². The van der Waals surface area contributed by atoms with Crippen LogP contribution in [-0.2, 0) is 16.1 Å². The number of hydrogen-bond acceptors (Lipinski definition) is 11. The van der Waals surface area contributed by atoms with Crippen LogP contribution in [-0.4, -0.2) is 125 Å². The zero-order valence-corrected chi connectivity index (χ0v) is 31.5. The highest BCUT2D eigenvalue weighted by molar-refractivity contribution is 6.05. The Morgan fingerprint density at radius 2 is 1.62 bits per heavy atom. The van der Waals surface area contributed by atoms with Gasteiger partial charge in [0.2, 0.25) is 11.8 Å². The number of aromatic hydroxyl groups is 1. The first kappa shape index (κ1) is 35.9. The fraction of sp³-hybridized carbons (Fsp3) is 0.537. The Bertz CT molecular complexity index is 2000. The van der Waals surface area contributed by atoms with Gasteiger partial charge in [-0.2, -0.15) is 0 Å². The molecule has 0 spiro atoms. The van der Waals surface area contributed by atoms with Gasteiger partial charge in [-0.05, 0) is 86.8 Å². The van der Waals surface area contributed by atoms with Gasteiger partial charge in [-0.15, -0.1) is 10.2 Å². The summed E-state index contributed by atoms with van der Waals surface area (Å²) in [6.07, 6.45) is 5.69. The van der Waals surface area contributed by atoms with E-state index in [0.717, 1.165) is 94.1 Å². The van der Waals surface area contributed by atoms with E-state index in [4.69, 9.17) is 0 Å². The zero-order valence-electron chi connectivity index (χ0n) is 31.5. The summed E-state index contributed by atoms with van der Waals surface area (Å²) in [5.41, 5.74) is 4.30. The van der Waals surface area contributed by atoms with Gasteiger partial charge in [-0.25, -0.2) is 4.39 Å². The van der Waals surface area contributed by atoms with E-state index < -0.39 is 17.6 Å². The summed E-state index contributed by atoms with van der Waals surface area (Å²) in [4.78, 5) is 49.1. The predicted molar refractivity (Wildman–Crippen MR) is 206 cm³/mol. The van der Waals surface area contributed by atoms with Crippen molar-refractivity contribution in [2.45, 2.75) is 63.6 Å². The number of rotatable bonds is 7. The molecule has 13 nitrogen and oxygen atoms in total. The lowest BCUT2D eigenvalue weighted by Crippen LogP contribution is -2.66. The molecule has 1 saturated carbocycles. The number of imide groups is 1. The molecule has 0 unspecified atom stereocenters. The maximum absolute atomic E-state index is 14.1. The van der Waals surface area contributed by atoms with Crippen molar-refractivity contribution in [1.82, 2.24) is 30.2 Å². The Morgan fingerprint density at radius 3 is 2.38 bits per heavy atom. The molecule has 5 aliphatic heterocycles. The number of piperidine rings is 1. The van der Waals surface area contributed by atoms with Gasteiger partial charge in [-0.3, -0.25) is 29.5 Å². The molecule has 2 aromatic carbocycles. The number of benzene rings is 2. The van der Waals surface area contributed by atoms with Gasteiger partial charge in [-0.1, -0.05) is 12.1 Å². The molecule has 6 heterocycles. The van der Waals surface area contributed by atoms with Gasteiger partial charge < -0.3 is 25.1 Å². The zero-order chi connectivity index (χ0) is 37.8. The number of nitrogens with one attached hydrogen (secondary N) is 2. The van der Waals surface area contributed by atoms with E-state index in [1.807, 2.05) is 18.2 Å².